The van der Waals surface area contributed by atoms with Crippen LogP contribution in [0, 0.1) is 6.92 Å². The molecule has 3 rings (SSSR count). The number of rotatable bonds is 6. The number of nitrogens with zero attached hydrogens (tertiary/aromatic N) is 2. The topological polar surface area (TPSA) is 80.8 Å². The number of ether oxygens (including phenoxy) is 2. The maximum Gasteiger partial charge on any atom is 0.251 e. The van der Waals surface area contributed by atoms with Crippen LogP contribution in [0.4, 0.5) is 0 Å². The minimum atomic E-state index is -0.180. The van der Waals surface area contributed by atoms with E-state index in [0.29, 0.717) is 36.7 Å². The van der Waals surface area contributed by atoms with Crippen molar-refractivity contribution in [1.82, 2.24) is 15.2 Å². The molecular weight excluding hydrogens is 370 g/mol. The van der Waals surface area contributed by atoms with Gasteiger partial charge in [-0.05, 0) is 42.3 Å². The Morgan fingerprint density at radius 1 is 1.21 bits per heavy atom. The van der Waals surface area contributed by atoms with E-state index in [-0.39, 0.29) is 17.9 Å². The van der Waals surface area contributed by atoms with Crippen LogP contribution in [0.25, 0.3) is 0 Å². The number of aryl methyl sites for hydroxylation is 1. The van der Waals surface area contributed by atoms with Crippen molar-refractivity contribution in [3.63, 3.8) is 0 Å². The Labute approximate surface area is 171 Å². The fourth-order valence-corrected chi connectivity index (χ4v) is 3.36. The van der Waals surface area contributed by atoms with Gasteiger partial charge in [0.2, 0.25) is 5.91 Å². The van der Waals surface area contributed by atoms with Gasteiger partial charge < -0.3 is 19.7 Å². The first-order chi connectivity index (χ1) is 14.0. The lowest BCUT2D eigenvalue weighted by atomic mass is 10.1. The van der Waals surface area contributed by atoms with Crippen LogP contribution in [-0.2, 0) is 11.3 Å². The normalized spacial score (nSPS) is 14.4. The van der Waals surface area contributed by atoms with Gasteiger partial charge in [-0.3, -0.25) is 14.6 Å². The second-order valence-corrected chi connectivity index (χ2v) is 7.17. The number of hydrogen-bond acceptors (Lipinski definition) is 5. The molecule has 1 N–H and O–H groups in total. The number of methoxy groups -OCH3 is 1. The van der Waals surface area contributed by atoms with Crippen LogP contribution >= 0.6 is 0 Å². The number of likely N-dealkylation sites (tertiary alicyclic amines) is 1. The molecule has 1 aromatic carbocycles. The van der Waals surface area contributed by atoms with Crippen molar-refractivity contribution in [2.75, 3.05) is 20.2 Å². The van der Waals surface area contributed by atoms with Gasteiger partial charge in [-0.15, -0.1) is 0 Å². The highest BCUT2D eigenvalue weighted by atomic mass is 16.5. The maximum absolute atomic E-state index is 12.6. The second kappa shape index (κ2) is 9.41. The number of piperidine rings is 1. The van der Waals surface area contributed by atoms with Gasteiger partial charge in [0.05, 0.1) is 7.11 Å². The molecule has 2 amide bonds. The van der Waals surface area contributed by atoms with E-state index in [0.717, 1.165) is 24.0 Å². The number of carbonyl (C=O) groups excluding carboxylic acids is 2. The summed E-state index contributed by atoms with van der Waals surface area (Å²) in [5, 5.41) is 2.94. The molecule has 0 unspecified atom stereocenters. The molecule has 1 aromatic heterocycles. The van der Waals surface area contributed by atoms with Gasteiger partial charge in [-0.25, -0.2) is 0 Å². The molecule has 0 atom stereocenters. The van der Waals surface area contributed by atoms with E-state index in [2.05, 4.69) is 10.3 Å². The van der Waals surface area contributed by atoms with Crippen LogP contribution < -0.4 is 14.8 Å². The van der Waals surface area contributed by atoms with E-state index in [1.807, 2.05) is 17.9 Å². The van der Waals surface area contributed by atoms with Gasteiger partial charge in [-0.1, -0.05) is 0 Å². The Balaban J connectivity index is 1.66. The number of carbonyl (C=O) groups is 2. The Kier molecular flexibility index (Phi) is 6.69. The van der Waals surface area contributed by atoms with E-state index in [1.54, 1.807) is 44.6 Å². The van der Waals surface area contributed by atoms with Gasteiger partial charge >= 0.3 is 0 Å². The highest BCUT2D eigenvalue weighted by molar-refractivity contribution is 5.94. The molecule has 7 nitrogen and oxygen atoms in total. The molecule has 154 valence electrons. The van der Waals surface area contributed by atoms with Gasteiger partial charge in [0.1, 0.15) is 6.10 Å². The molecule has 7 heteroatoms. The third-order valence-corrected chi connectivity index (χ3v) is 5.18. The highest BCUT2D eigenvalue weighted by Crippen LogP contribution is 2.31. The molecule has 2 aromatic rings. The molecule has 1 saturated heterocycles. The third-order valence-electron chi connectivity index (χ3n) is 5.18. The summed E-state index contributed by atoms with van der Waals surface area (Å²) in [7, 11) is 1.58. The maximum atomic E-state index is 12.6. The second-order valence-electron chi connectivity index (χ2n) is 7.17. The molecular formula is C22H27N3O4. The standard InChI is InChI=1S/C22H27N3O4/c1-15-13-23-9-6-18(15)14-24-22(27)17-4-5-20(28-3)21(12-17)29-19-7-10-25(11-8-19)16(2)26/h4-6,9,12-13,19H,7-8,10-11,14H2,1-3H3,(H,24,27). The number of nitrogens with one attached hydrogen (secondary N) is 1. The number of amides is 2. The van der Waals surface area contributed by atoms with Crippen LogP contribution in [0.3, 0.4) is 0 Å². The Bertz CT molecular complexity index is 876. The zero-order valence-electron chi connectivity index (χ0n) is 17.1. The van der Waals surface area contributed by atoms with Gasteiger partial charge in [0, 0.05) is 57.4 Å². The molecule has 1 aliphatic heterocycles. The van der Waals surface area contributed by atoms with E-state index in [4.69, 9.17) is 9.47 Å². The zero-order valence-corrected chi connectivity index (χ0v) is 17.1. The van der Waals surface area contributed by atoms with Gasteiger partial charge in [0.15, 0.2) is 11.5 Å². The minimum absolute atomic E-state index is 0.0164. The lowest BCUT2D eigenvalue weighted by molar-refractivity contribution is -0.130. The molecule has 2 heterocycles. The van der Waals surface area contributed by atoms with Crippen molar-refractivity contribution in [2.45, 2.75) is 39.3 Å². The summed E-state index contributed by atoms with van der Waals surface area (Å²) in [6, 6.07) is 7.07. The summed E-state index contributed by atoms with van der Waals surface area (Å²) < 4.78 is 11.5. The molecule has 0 radical (unpaired) electrons. The molecule has 0 aliphatic carbocycles. The van der Waals surface area contributed by atoms with E-state index >= 15 is 0 Å². The first kappa shape index (κ1) is 20.6. The molecule has 1 aliphatic rings. The zero-order chi connectivity index (χ0) is 20.8. The first-order valence-corrected chi connectivity index (χ1v) is 9.76. The lowest BCUT2D eigenvalue weighted by Crippen LogP contribution is -2.40. The van der Waals surface area contributed by atoms with Crippen molar-refractivity contribution in [3.05, 3.63) is 53.3 Å². The molecule has 0 spiro atoms. The lowest BCUT2D eigenvalue weighted by Gasteiger charge is -2.31. The fourth-order valence-electron chi connectivity index (χ4n) is 3.36. The molecule has 0 bridgehead atoms. The van der Waals surface area contributed by atoms with Crippen molar-refractivity contribution < 1.29 is 19.1 Å². The number of pyridine rings is 1. The van der Waals surface area contributed by atoms with Crippen LogP contribution in [0.2, 0.25) is 0 Å². The summed E-state index contributed by atoms with van der Waals surface area (Å²) in [6.45, 7) is 5.32. The summed E-state index contributed by atoms with van der Waals surface area (Å²) in [4.78, 5) is 30.0. The van der Waals surface area contributed by atoms with Gasteiger partial charge in [0.25, 0.3) is 5.91 Å². The highest BCUT2D eigenvalue weighted by Gasteiger charge is 2.23. The number of aromatic nitrogens is 1. The molecule has 1 fully saturated rings. The number of benzene rings is 1. The Hall–Kier alpha value is -3.09. The first-order valence-electron chi connectivity index (χ1n) is 9.76. The summed E-state index contributed by atoms with van der Waals surface area (Å²) in [5.74, 6) is 1.03. The predicted molar refractivity (Wildman–Crippen MR) is 109 cm³/mol. The SMILES string of the molecule is COc1ccc(C(=O)NCc2ccncc2C)cc1OC1CCN(C(C)=O)CC1. The Morgan fingerprint density at radius 3 is 2.62 bits per heavy atom. The quantitative estimate of drug-likeness (QED) is 0.811. The van der Waals surface area contributed by atoms with E-state index in [1.165, 1.54) is 0 Å². The summed E-state index contributed by atoms with van der Waals surface area (Å²) >= 11 is 0. The van der Waals surface area contributed by atoms with E-state index in [9.17, 15) is 9.59 Å². The summed E-state index contributed by atoms with van der Waals surface area (Å²) in [6.07, 6.45) is 4.97. The van der Waals surface area contributed by atoms with Crippen molar-refractivity contribution >= 4 is 11.8 Å². The van der Waals surface area contributed by atoms with Crippen molar-refractivity contribution in [1.29, 1.82) is 0 Å². The van der Waals surface area contributed by atoms with Crippen LogP contribution in [0.5, 0.6) is 11.5 Å². The number of hydrogen-bond donors (Lipinski definition) is 1. The monoisotopic (exact) mass is 397 g/mol. The van der Waals surface area contributed by atoms with Crippen molar-refractivity contribution in [3.8, 4) is 11.5 Å². The van der Waals surface area contributed by atoms with E-state index < -0.39 is 0 Å². The van der Waals surface area contributed by atoms with Crippen LogP contribution in [0.15, 0.2) is 36.7 Å². The predicted octanol–water partition coefficient (Wildman–Crippen LogP) is 2.72. The van der Waals surface area contributed by atoms with Gasteiger partial charge in [-0.2, -0.15) is 0 Å². The van der Waals surface area contributed by atoms with Crippen molar-refractivity contribution in [2.24, 2.45) is 0 Å². The minimum Gasteiger partial charge on any atom is -0.493 e. The average Bonchev–Trinajstić information content (AvgIpc) is 2.73. The van der Waals surface area contributed by atoms with Crippen LogP contribution in [0.1, 0.15) is 41.3 Å². The molecule has 29 heavy (non-hydrogen) atoms. The Morgan fingerprint density at radius 2 is 1.97 bits per heavy atom. The smallest absolute Gasteiger partial charge is 0.251 e. The average molecular weight is 397 g/mol. The molecule has 0 saturated carbocycles. The fraction of sp³-hybridized carbons (Fsp3) is 0.409. The van der Waals surface area contributed by atoms with Crippen LogP contribution in [-0.4, -0.2) is 48.0 Å². The largest absolute Gasteiger partial charge is 0.493 e. The summed E-state index contributed by atoms with van der Waals surface area (Å²) in [5.41, 5.74) is 2.56. The third kappa shape index (κ3) is 5.25.